The Balaban J connectivity index is 1.41. The number of carbonyl (C=O) groups excluding carboxylic acids is 1. The lowest BCUT2D eigenvalue weighted by Crippen LogP contribution is -2.54. The first-order valence-electron chi connectivity index (χ1n) is 10.5. The van der Waals surface area contributed by atoms with Crippen LogP contribution in [0.4, 0.5) is 0 Å². The van der Waals surface area contributed by atoms with Gasteiger partial charge in [0.05, 0.1) is 13.2 Å². The maximum atomic E-state index is 12.4. The Labute approximate surface area is 167 Å². The zero-order chi connectivity index (χ0) is 19.9. The standard InChI is InChI=1S/C22H32N2O4/c1-2-24(14-21(25)26)19-12-18(13-19)23-22(27)17-8-10-20(11-9-17)28-15-16-6-4-3-5-7-16/h8-11,16,18-19H,2-7,12-15H2,1H3,(H,23,27)(H,25,26). The molecule has 0 atom stereocenters. The van der Waals surface area contributed by atoms with Crippen molar-refractivity contribution in [2.75, 3.05) is 19.7 Å². The average molecular weight is 389 g/mol. The Morgan fingerprint density at radius 3 is 2.43 bits per heavy atom. The highest BCUT2D eigenvalue weighted by atomic mass is 16.5. The Morgan fingerprint density at radius 2 is 1.82 bits per heavy atom. The minimum absolute atomic E-state index is 0.0597. The van der Waals surface area contributed by atoms with Crippen LogP contribution >= 0.6 is 0 Å². The first-order chi connectivity index (χ1) is 13.5. The minimum Gasteiger partial charge on any atom is -0.493 e. The molecule has 6 heteroatoms. The lowest BCUT2D eigenvalue weighted by atomic mass is 9.85. The summed E-state index contributed by atoms with van der Waals surface area (Å²) in [7, 11) is 0. The summed E-state index contributed by atoms with van der Waals surface area (Å²) in [6.45, 7) is 3.50. The molecule has 28 heavy (non-hydrogen) atoms. The lowest BCUT2D eigenvalue weighted by Gasteiger charge is -2.42. The average Bonchev–Trinajstić information content (AvgIpc) is 2.68. The first kappa shape index (κ1) is 20.6. The summed E-state index contributed by atoms with van der Waals surface area (Å²) in [6.07, 6.45) is 8.07. The van der Waals surface area contributed by atoms with Crippen LogP contribution in [-0.4, -0.2) is 53.7 Å². The van der Waals surface area contributed by atoms with Crippen LogP contribution in [0.2, 0.25) is 0 Å². The van der Waals surface area contributed by atoms with E-state index in [9.17, 15) is 9.59 Å². The number of nitrogens with zero attached hydrogens (tertiary/aromatic N) is 1. The molecule has 3 rings (SSSR count). The van der Waals surface area contributed by atoms with Crippen LogP contribution in [0.25, 0.3) is 0 Å². The fourth-order valence-corrected chi connectivity index (χ4v) is 4.22. The van der Waals surface area contributed by atoms with Gasteiger partial charge in [-0.1, -0.05) is 26.2 Å². The maximum absolute atomic E-state index is 12.4. The summed E-state index contributed by atoms with van der Waals surface area (Å²) in [5, 5.41) is 12.0. The van der Waals surface area contributed by atoms with Gasteiger partial charge in [-0.15, -0.1) is 0 Å². The van der Waals surface area contributed by atoms with Gasteiger partial charge in [0.25, 0.3) is 5.91 Å². The molecule has 0 spiro atoms. The summed E-state index contributed by atoms with van der Waals surface area (Å²) < 4.78 is 5.89. The number of benzene rings is 1. The molecule has 6 nitrogen and oxygen atoms in total. The molecule has 154 valence electrons. The molecule has 0 aliphatic heterocycles. The maximum Gasteiger partial charge on any atom is 0.317 e. The van der Waals surface area contributed by atoms with Crippen molar-refractivity contribution in [3.8, 4) is 5.75 Å². The number of ether oxygens (including phenoxy) is 1. The van der Waals surface area contributed by atoms with Crippen LogP contribution in [0.15, 0.2) is 24.3 Å². The molecule has 2 aliphatic rings. The highest BCUT2D eigenvalue weighted by Gasteiger charge is 2.34. The van der Waals surface area contributed by atoms with Crippen molar-refractivity contribution in [1.29, 1.82) is 0 Å². The third-order valence-electron chi connectivity index (χ3n) is 6.04. The van der Waals surface area contributed by atoms with Gasteiger partial charge in [-0.25, -0.2) is 0 Å². The molecule has 1 amide bonds. The molecule has 1 aromatic rings. The Morgan fingerprint density at radius 1 is 1.14 bits per heavy atom. The molecule has 0 aromatic heterocycles. The molecule has 0 radical (unpaired) electrons. The number of nitrogens with one attached hydrogen (secondary N) is 1. The normalized spacial score (nSPS) is 22.5. The van der Waals surface area contributed by atoms with Gasteiger partial charge in [-0.2, -0.15) is 0 Å². The summed E-state index contributed by atoms with van der Waals surface area (Å²) in [6, 6.07) is 7.71. The number of likely N-dealkylation sites (N-methyl/N-ethyl adjacent to an activating group) is 1. The third-order valence-corrected chi connectivity index (χ3v) is 6.04. The van der Waals surface area contributed by atoms with Crippen molar-refractivity contribution in [3.05, 3.63) is 29.8 Å². The van der Waals surface area contributed by atoms with Gasteiger partial charge >= 0.3 is 5.97 Å². The predicted octanol–water partition coefficient (Wildman–Crippen LogP) is 3.31. The number of carboxylic acid groups (broad SMARTS) is 1. The van der Waals surface area contributed by atoms with E-state index >= 15 is 0 Å². The van der Waals surface area contributed by atoms with E-state index in [-0.39, 0.29) is 24.5 Å². The van der Waals surface area contributed by atoms with E-state index in [0.29, 0.717) is 18.0 Å². The van der Waals surface area contributed by atoms with Crippen LogP contribution in [0.3, 0.4) is 0 Å². The van der Waals surface area contributed by atoms with Gasteiger partial charge in [-0.05, 0) is 62.4 Å². The molecule has 2 N–H and O–H groups in total. The number of aliphatic carboxylic acids is 1. The van der Waals surface area contributed by atoms with E-state index in [4.69, 9.17) is 9.84 Å². The number of carbonyl (C=O) groups is 2. The predicted molar refractivity (Wildman–Crippen MR) is 108 cm³/mol. The van der Waals surface area contributed by atoms with E-state index in [1.165, 1.54) is 32.1 Å². The second kappa shape index (κ2) is 9.92. The minimum atomic E-state index is -0.805. The summed E-state index contributed by atoms with van der Waals surface area (Å²) in [4.78, 5) is 25.3. The zero-order valence-corrected chi connectivity index (χ0v) is 16.7. The molecule has 0 heterocycles. The number of amides is 1. The molecule has 0 unspecified atom stereocenters. The Hall–Kier alpha value is -2.08. The molecule has 2 aliphatic carbocycles. The monoisotopic (exact) mass is 388 g/mol. The van der Waals surface area contributed by atoms with E-state index < -0.39 is 5.97 Å². The molecule has 2 saturated carbocycles. The van der Waals surface area contributed by atoms with E-state index in [1.807, 2.05) is 36.1 Å². The van der Waals surface area contributed by atoms with Crippen molar-refractivity contribution in [2.24, 2.45) is 5.92 Å². The second-order valence-corrected chi connectivity index (χ2v) is 8.09. The number of hydrogen-bond donors (Lipinski definition) is 2. The van der Waals surface area contributed by atoms with Gasteiger partial charge in [0.1, 0.15) is 5.75 Å². The summed E-state index contributed by atoms with van der Waals surface area (Å²) in [5.41, 5.74) is 0.631. The largest absolute Gasteiger partial charge is 0.493 e. The van der Waals surface area contributed by atoms with Crippen LogP contribution in [0.5, 0.6) is 5.75 Å². The Bertz CT molecular complexity index is 649. The van der Waals surface area contributed by atoms with Crippen molar-refractivity contribution in [2.45, 2.75) is 64.0 Å². The van der Waals surface area contributed by atoms with Crippen LogP contribution < -0.4 is 10.1 Å². The van der Waals surface area contributed by atoms with Crippen molar-refractivity contribution >= 4 is 11.9 Å². The van der Waals surface area contributed by atoms with Gasteiger partial charge in [-0.3, -0.25) is 14.5 Å². The van der Waals surface area contributed by atoms with E-state index in [2.05, 4.69) is 5.32 Å². The molecule has 0 saturated heterocycles. The first-order valence-corrected chi connectivity index (χ1v) is 10.5. The number of carboxylic acids is 1. The fraction of sp³-hybridized carbons (Fsp3) is 0.636. The van der Waals surface area contributed by atoms with Gasteiger partial charge in [0, 0.05) is 17.6 Å². The summed E-state index contributed by atoms with van der Waals surface area (Å²) in [5.74, 6) is 0.592. The molecule has 1 aromatic carbocycles. The van der Waals surface area contributed by atoms with Gasteiger partial charge in [0.2, 0.25) is 0 Å². The van der Waals surface area contributed by atoms with Crippen molar-refractivity contribution in [3.63, 3.8) is 0 Å². The van der Waals surface area contributed by atoms with E-state index in [0.717, 1.165) is 25.2 Å². The van der Waals surface area contributed by atoms with Crippen LogP contribution in [-0.2, 0) is 4.79 Å². The Kier molecular flexibility index (Phi) is 7.31. The molecular weight excluding hydrogens is 356 g/mol. The van der Waals surface area contributed by atoms with Crippen LogP contribution in [0, 0.1) is 5.92 Å². The highest BCUT2D eigenvalue weighted by Crippen LogP contribution is 2.27. The number of rotatable bonds is 9. The fourth-order valence-electron chi connectivity index (χ4n) is 4.22. The molecular formula is C22H32N2O4. The van der Waals surface area contributed by atoms with Crippen molar-refractivity contribution < 1.29 is 19.4 Å². The van der Waals surface area contributed by atoms with Crippen molar-refractivity contribution in [1.82, 2.24) is 10.2 Å². The smallest absolute Gasteiger partial charge is 0.317 e. The molecule has 0 bridgehead atoms. The van der Waals surface area contributed by atoms with Gasteiger partial charge < -0.3 is 15.2 Å². The zero-order valence-electron chi connectivity index (χ0n) is 16.7. The third kappa shape index (κ3) is 5.71. The summed E-state index contributed by atoms with van der Waals surface area (Å²) >= 11 is 0. The number of hydrogen-bond acceptors (Lipinski definition) is 4. The topological polar surface area (TPSA) is 78.9 Å². The second-order valence-electron chi connectivity index (χ2n) is 8.09. The van der Waals surface area contributed by atoms with Gasteiger partial charge in [0.15, 0.2) is 0 Å². The molecule has 2 fully saturated rings. The SMILES string of the molecule is CCN(CC(=O)O)C1CC(NC(=O)c2ccc(OCC3CCCCC3)cc2)C1. The lowest BCUT2D eigenvalue weighted by molar-refractivity contribution is -0.139. The van der Waals surface area contributed by atoms with E-state index in [1.54, 1.807) is 0 Å². The quantitative estimate of drug-likeness (QED) is 0.678. The highest BCUT2D eigenvalue weighted by molar-refractivity contribution is 5.94. The van der Waals surface area contributed by atoms with Crippen LogP contribution in [0.1, 0.15) is 62.2 Å².